The fraction of sp³-hybridized carbons (Fsp3) is 0.474. The largest absolute Gasteiger partial charge is 0.416 e. The minimum atomic E-state index is -4.62. The second-order valence-electron chi connectivity index (χ2n) is 7.40. The Bertz CT molecular complexity index is 1010. The first-order valence-corrected chi connectivity index (χ1v) is 10.9. The van der Waals surface area contributed by atoms with Gasteiger partial charge in [0.15, 0.2) is 9.84 Å². The summed E-state index contributed by atoms with van der Waals surface area (Å²) in [6.45, 7) is 1.62. The van der Waals surface area contributed by atoms with Crippen LogP contribution in [0.3, 0.4) is 0 Å². The van der Waals surface area contributed by atoms with Gasteiger partial charge in [0.2, 0.25) is 11.8 Å². The number of aryl methyl sites for hydroxylation is 1. The van der Waals surface area contributed by atoms with Gasteiger partial charge in [-0.3, -0.25) is 4.79 Å². The number of hydrogen-bond donors (Lipinski definition) is 1. The molecule has 1 aromatic heterocycles. The molecule has 0 radical (unpaired) electrons. The van der Waals surface area contributed by atoms with Crippen LogP contribution >= 0.6 is 0 Å². The molecule has 11 heteroatoms. The number of carbonyl (C=O) groups excluding carboxylic acids is 1. The highest BCUT2D eigenvalue weighted by Crippen LogP contribution is 2.35. The molecule has 7 nitrogen and oxygen atoms in total. The van der Waals surface area contributed by atoms with E-state index in [0.717, 1.165) is 12.1 Å². The molecule has 0 aliphatic heterocycles. The Labute approximate surface area is 171 Å². The van der Waals surface area contributed by atoms with Gasteiger partial charge < -0.3 is 15.2 Å². The number of amides is 1. The minimum absolute atomic E-state index is 0.107. The van der Waals surface area contributed by atoms with Gasteiger partial charge in [0.25, 0.3) is 0 Å². The molecule has 3 rings (SSSR count). The number of sulfone groups is 1. The summed E-state index contributed by atoms with van der Waals surface area (Å²) >= 11 is 0. The lowest BCUT2D eigenvalue weighted by Crippen LogP contribution is -2.44. The number of hydrogen-bond acceptors (Lipinski definition) is 6. The van der Waals surface area contributed by atoms with Crippen molar-refractivity contribution in [1.29, 1.82) is 0 Å². The van der Waals surface area contributed by atoms with Gasteiger partial charge in [-0.25, -0.2) is 8.42 Å². The predicted molar refractivity (Wildman–Crippen MR) is 102 cm³/mol. The highest BCUT2D eigenvalue weighted by Gasteiger charge is 2.37. The van der Waals surface area contributed by atoms with E-state index in [1.807, 2.05) is 0 Å². The minimum Gasteiger partial charge on any atom is -0.368 e. The summed E-state index contributed by atoms with van der Waals surface area (Å²) in [5.41, 5.74) is 4.97. The molecule has 1 heterocycles. The number of rotatable bonds is 6. The monoisotopic (exact) mass is 445 g/mol. The third-order valence-corrected chi connectivity index (χ3v) is 7.50. The summed E-state index contributed by atoms with van der Waals surface area (Å²) in [4.78, 5) is 12.8. The molecule has 2 N–H and O–H groups in total. The number of benzene rings is 1. The van der Waals surface area contributed by atoms with Gasteiger partial charge in [-0.2, -0.15) is 13.2 Å². The lowest BCUT2D eigenvalue weighted by Gasteiger charge is -2.35. The lowest BCUT2D eigenvalue weighted by molar-refractivity contribution is -0.137. The van der Waals surface area contributed by atoms with Crippen LogP contribution in [0.25, 0.3) is 0 Å². The number of nitrogens with two attached hydrogens (primary N) is 1. The van der Waals surface area contributed by atoms with E-state index in [1.165, 1.54) is 6.07 Å². The molecule has 1 amide bonds. The number of halogens is 3. The summed E-state index contributed by atoms with van der Waals surface area (Å²) in [5, 5.41) is 3.00. The van der Waals surface area contributed by atoms with Crippen LogP contribution in [-0.2, 0) is 20.8 Å². The lowest BCUT2D eigenvalue weighted by atomic mass is 9.93. The van der Waals surface area contributed by atoms with Crippen LogP contribution in [0.5, 0.6) is 0 Å². The Hall–Kier alpha value is -2.56. The van der Waals surface area contributed by atoms with Gasteiger partial charge in [-0.05, 0) is 50.8 Å². The van der Waals surface area contributed by atoms with Crippen LogP contribution in [0.1, 0.15) is 36.9 Å². The average Bonchev–Trinajstić information content (AvgIpc) is 3.11. The zero-order valence-corrected chi connectivity index (χ0v) is 17.0. The topological polar surface area (TPSA) is 106 Å². The third kappa shape index (κ3) is 4.77. The molecule has 0 bridgehead atoms. The molecule has 0 saturated heterocycles. The van der Waals surface area contributed by atoms with Crippen molar-refractivity contribution >= 4 is 21.6 Å². The fourth-order valence-electron chi connectivity index (χ4n) is 3.75. The van der Waals surface area contributed by atoms with Crippen LogP contribution in [0.4, 0.5) is 19.1 Å². The summed E-state index contributed by atoms with van der Waals surface area (Å²) < 4.78 is 69.9. The molecule has 0 atom stereocenters. The molecule has 1 saturated carbocycles. The standard InChI is InChI=1S/C19H22F3N3O4S/c1-12-9-18(29-24-12)25(11-17(23)26)14-5-7-15(8-6-14)30(27,28)16-4-2-3-13(10-16)19(20,21)22/h2-4,9-10,14-15H,5-8,11H2,1H3,(H2,23,26). The Balaban J connectivity index is 1.76. The highest BCUT2D eigenvalue weighted by molar-refractivity contribution is 7.92. The van der Waals surface area contributed by atoms with Gasteiger partial charge in [0, 0.05) is 12.1 Å². The van der Waals surface area contributed by atoms with E-state index < -0.39 is 32.7 Å². The van der Waals surface area contributed by atoms with E-state index in [0.29, 0.717) is 30.5 Å². The summed E-state index contributed by atoms with van der Waals surface area (Å²) in [5.74, 6) is -0.196. The van der Waals surface area contributed by atoms with Crippen LogP contribution in [0.2, 0.25) is 0 Å². The van der Waals surface area contributed by atoms with Crippen molar-refractivity contribution < 1.29 is 30.9 Å². The molecule has 1 aliphatic rings. The van der Waals surface area contributed by atoms with E-state index in [9.17, 15) is 26.4 Å². The van der Waals surface area contributed by atoms with E-state index in [1.54, 1.807) is 17.9 Å². The number of aromatic nitrogens is 1. The maximum absolute atomic E-state index is 13.0. The molecule has 1 aromatic carbocycles. The molecule has 0 spiro atoms. The van der Waals surface area contributed by atoms with Crippen molar-refractivity contribution in [3.63, 3.8) is 0 Å². The number of alkyl halides is 3. The second kappa shape index (κ2) is 8.29. The van der Waals surface area contributed by atoms with Crippen molar-refractivity contribution in [3.8, 4) is 0 Å². The van der Waals surface area contributed by atoms with Crippen molar-refractivity contribution in [3.05, 3.63) is 41.6 Å². The zero-order valence-electron chi connectivity index (χ0n) is 16.2. The highest BCUT2D eigenvalue weighted by atomic mass is 32.2. The van der Waals surface area contributed by atoms with Gasteiger partial charge in [-0.15, -0.1) is 0 Å². The van der Waals surface area contributed by atoms with Gasteiger partial charge in [-0.1, -0.05) is 11.2 Å². The second-order valence-corrected chi connectivity index (χ2v) is 9.63. The van der Waals surface area contributed by atoms with E-state index >= 15 is 0 Å². The fourth-order valence-corrected chi connectivity index (χ4v) is 5.59. The zero-order chi connectivity index (χ0) is 22.1. The molecule has 164 valence electrons. The van der Waals surface area contributed by atoms with Gasteiger partial charge >= 0.3 is 6.18 Å². The third-order valence-electron chi connectivity index (χ3n) is 5.24. The Morgan fingerprint density at radius 3 is 2.43 bits per heavy atom. The first-order valence-electron chi connectivity index (χ1n) is 9.38. The summed E-state index contributed by atoms with van der Waals surface area (Å²) in [7, 11) is -3.92. The molecule has 1 aliphatic carbocycles. The van der Waals surface area contributed by atoms with Crippen molar-refractivity contribution in [1.82, 2.24) is 5.16 Å². The van der Waals surface area contributed by atoms with Crippen molar-refractivity contribution in [2.75, 3.05) is 11.4 Å². The van der Waals surface area contributed by atoms with Crippen molar-refractivity contribution in [2.45, 2.75) is 55.0 Å². The predicted octanol–water partition coefficient (Wildman–Crippen LogP) is 3.08. The number of nitrogens with zero attached hydrogens (tertiary/aromatic N) is 2. The molecule has 30 heavy (non-hydrogen) atoms. The summed E-state index contributed by atoms with van der Waals surface area (Å²) in [6.07, 6.45) is -3.31. The molecule has 1 fully saturated rings. The SMILES string of the molecule is Cc1cc(N(CC(N)=O)C2CCC(S(=O)(=O)c3cccc(C(F)(F)F)c3)CC2)on1. The maximum atomic E-state index is 13.0. The number of anilines is 1. The Morgan fingerprint density at radius 2 is 1.90 bits per heavy atom. The first kappa shape index (κ1) is 22.1. The quantitative estimate of drug-likeness (QED) is 0.732. The number of carbonyl (C=O) groups is 1. The van der Waals surface area contributed by atoms with Gasteiger partial charge in [0.05, 0.1) is 27.9 Å². The molecule has 2 aromatic rings. The van der Waals surface area contributed by atoms with E-state index in [2.05, 4.69) is 5.16 Å². The summed E-state index contributed by atoms with van der Waals surface area (Å²) in [6, 6.07) is 5.27. The first-order chi connectivity index (χ1) is 14.0. The molecular weight excluding hydrogens is 423 g/mol. The van der Waals surface area contributed by atoms with Crippen LogP contribution in [0, 0.1) is 6.92 Å². The smallest absolute Gasteiger partial charge is 0.368 e. The Kier molecular flexibility index (Phi) is 6.11. The molecular formula is C19H22F3N3O4S. The number of primary amides is 1. The van der Waals surface area contributed by atoms with Gasteiger partial charge in [0.1, 0.15) is 0 Å². The molecule has 0 unspecified atom stereocenters. The van der Waals surface area contributed by atoms with Crippen LogP contribution < -0.4 is 10.6 Å². The Morgan fingerprint density at radius 1 is 1.23 bits per heavy atom. The van der Waals surface area contributed by atoms with E-state index in [4.69, 9.17) is 10.3 Å². The van der Waals surface area contributed by atoms with E-state index in [-0.39, 0.29) is 30.3 Å². The average molecular weight is 445 g/mol. The van der Waals surface area contributed by atoms with Crippen LogP contribution in [0.15, 0.2) is 39.8 Å². The normalized spacial score (nSPS) is 20.1. The van der Waals surface area contributed by atoms with Crippen LogP contribution in [-0.4, -0.2) is 37.3 Å². The maximum Gasteiger partial charge on any atom is 0.416 e. The van der Waals surface area contributed by atoms with Crippen molar-refractivity contribution in [2.24, 2.45) is 5.73 Å².